The maximum Gasteiger partial charge on any atom is 0.216 e. The molecule has 2 heterocycles. The second-order valence-corrected chi connectivity index (χ2v) is 7.17. The van der Waals surface area contributed by atoms with Gasteiger partial charge < -0.3 is 15.1 Å². The van der Waals surface area contributed by atoms with Crippen molar-refractivity contribution in [2.75, 3.05) is 19.3 Å². The summed E-state index contributed by atoms with van der Waals surface area (Å²) in [6.07, 6.45) is 4.26. The Morgan fingerprint density at radius 3 is 2.87 bits per heavy atom. The molecule has 1 aromatic carbocycles. The molecule has 0 fully saturated rings. The molecule has 0 radical (unpaired) electrons. The van der Waals surface area contributed by atoms with E-state index < -0.39 is 0 Å². The van der Waals surface area contributed by atoms with Crippen LogP contribution in [0, 0.1) is 5.82 Å². The third kappa shape index (κ3) is 7.01. The Labute approximate surface area is 196 Å². The van der Waals surface area contributed by atoms with E-state index in [1.54, 1.807) is 36.2 Å². The van der Waals surface area contributed by atoms with E-state index in [1.165, 1.54) is 6.07 Å². The Morgan fingerprint density at radius 2 is 2.13 bits per heavy atom. The fourth-order valence-corrected chi connectivity index (χ4v) is 3.35. The first-order chi connectivity index (χ1) is 14.2. The van der Waals surface area contributed by atoms with E-state index in [0.717, 1.165) is 29.2 Å². The Kier molecular flexibility index (Phi) is 10.1. The Balaban J connectivity index is 0.00000320. The molecule has 0 aliphatic carbocycles. The number of aliphatic imine (C=N–C) groups is 1. The van der Waals surface area contributed by atoms with Gasteiger partial charge in [0.05, 0.1) is 12.8 Å². The van der Waals surface area contributed by atoms with Gasteiger partial charge in [0.2, 0.25) is 5.82 Å². The van der Waals surface area contributed by atoms with Gasteiger partial charge in [0.15, 0.2) is 11.7 Å². The minimum Gasteiger partial charge on any atom is -0.461 e. The van der Waals surface area contributed by atoms with Crippen molar-refractivity contribution in [3.8, 4) is 11.6 Å². The molecule has 3 N–H and O–H groups in total. The summed E-state index contributed by atoms with van der Waals surface area (Å²) >= 11 is 1.67. The predicted molar refractivity (Wildman–Crippen MR) is 130 cm³/mol. The zero-order valence-electron chi connectivity index (χ0n) is 16.9. The lowest BCUT2D eigenvalue weighted by molar-refractivity contribution is 0.577. The van der Waals surface area contributed by atoms with E-state index in [2.05, 4.69) is 30.8 Å². The van der Waals surface area contributed by atoms with Crippen molar-refractivity contribution in [1.82, 2.24) is 25.8 Å². The minimum atomic E-state index is -0.215. The first kappa shape index (κ1) is 24.2. The molecule has 0 unspecified atom stereocenters. The smallest absolute Gasteiger partial charge is 0.216 e. The summed E-state index contributed by atoms with van der Waals surface area (Å²) in [6.45, 7) is 3.88. The number of nitrogens with zero attached hydrogens (tertiary/aromatic N) is 3. The van der Waals surface area contributed by atoms with Gasteiger partial charge in [0.1, 0.15) is 11.6 Å². The number of thioether (sulfide) groups is 1. The normalized spacial score (nSPS) is 11.2. The van der Waals surface area contributed by atoms with E-state index in [9.17, 15) is 4.39 Å². The lowest BCUT2D eigenvalue weighted by Gasteiger charge is -2.12. The molecule has 0 aliphatic heterocycles. The second-order valence-electron chi connectivity index (χ2n) is 6.30. The summed E-state index contributed by atoms with van der Waals surface area (Å²) in [6, 6.07) is 8.50. The van der Waals surface area contributed by atoms with Crippen LogP contribution in [0.1, 0.15) is 23.9 Å². The maximum atomic E-state index is 13.5. The van der Waals surface area contributed by atoms with Crippen molar-refractivity contribution in [2.24, 2.45) is 4.99 Å². The SMILES string of the molecule is CCNC(=NCc1ccc(F)cc1CSC)NCCc1nc(-c2ccco2)n[nH]1.I. The topological polar surface area (TPSA) is 91.1 Å². The van der Waals surface area contributed by atoms with Gasteiger partial charge >= 0.3 is 0 Å². The van der Waals surface area contributed by atoms with Crippen molar-refractivity contribution in [3.05, 3.63) is 59.4 Å². The van der Waals surface area contributed by atoms with E-state index >= 15 is 0 Å². The van der Waals surface area contributed by atoms with Gasteiger partial charge in [-0.3, -0.25) is 5.10 Å². The molecule has 30 heavy (non-hydrogen) atoms. The number of hydrogen-bond acceptors (Lipinski definition) is 5. The van der Waals surface area contributed by atoms with Crippen molar-refractivity contribution < 1.29 is 8.81 Å². The highest BCUT2D eigenvalue weighted by atomic mass is 127. The van der Waals surface area contributed by atoms with Crippen molar-refractivity contribution in [3.63, 3.8) is 0 Å². The van der Waals surface area contributed by atoms with Gasteiger partial charge in [0, 0.05) is 25.3 Å². The quantitative estimate of drug-likeness (QED) is 0.215. The van der Waals surface area contributed by atoms with Crippen molar-refractivity contribution in [1.29, 1.82) is 0 Å². The Morgan fingerprint density at radius 1 is 1.27 bits per heavy atom. The molecule has 3 aromatic rings. The molecule has 0 atom stereocenters. The zero-order chi connectivity index (χ0) is 20.5. The Hall–Kier alpha value is -2.08. The summed E-state index contributed by atoms with van der Waals surface area (Å²) in [7, 11) is 0. The van der Waals surface area contributed by atoms with Gasteiger partial charge in [-0.25, -0.2) is 14.4 Å². The fraction of sp³-hybridized carbons (Fsp3) is 0.350. The number of furan rings is 1. The van der Waals surface area contributed by atoms with Crippen LogP contribution in [0.4, 0.5) is 4.39 Å². The van der Waals surface area contributed by atoms with Crippen LogP contribution in [0.5, 0.6) is 0 Å². The summed E-state index contributed by atoms with van der Waals surface area (Å²) in [5, 5.41) is 13.6. The van der Waals surface area contributed by atoms with Crippen LogP contribution >= 0.6 is 35.7 Å². The maximum absolute atomic E-state index is 13.5. The minimum absolute atomic E-state index is 0. The van der Waals surface area contributed by atoms with Crippen LogP contribution in [0.15, 0.2) is 46.0 Å². The third-order valence-corrected chi connectivity index (χ3v) is 4.75. The average molecular weight is 544 g/mol. The van der Waals surface area contributed by atoms with Crippen LogP contribution in [-0.2, 0) is 18.7 Å². The lowest BCUT2D eigenvalue weighted by Crippen LogP contribution is -2.38. The number of guanidine groups is 1. The number of nitrogens with one attached hydrogen (secondary N) is 3. The number of aromatic nitrogens is 3. The van der Waals surface area contributed by atoms with Crippen LogP contribution in [0.25, 0.3) is 11.6 Å². The molecule has 2 aromatic heterocycles. The summed E-state index contributed by atoms with van der Waals surface area (Å²) in [5.74, 6) is 3.20. The predicted octanol–water partition coefficient (Wildman–Crippen LogP) is 3.98. The number of benzene rings is 1. The summed E-state index contributed by atoms with van der Waals surface area (Å²) in [4.78, 5) is 9.07. The standard InChI is InChI=1S/C20H25FN6OS.HI/c1-3-22-20(24-12-14-6-7-16(21)11-15(14)13-29-2)23-9-8-18-25-19(27-26-18)17-5-4-10-28-17;/h4-7,10-11H,3,8-9,12-13H2,1-2H3,(H2,22,23,24)(H,25,26,27);1H. The molecule has 0 aliphatic rings. The number of rotatable bonds is 9. The molecule has 7 nitrogen and oxygen atoms in total. The third-order valence-electron chi connectivity index (χ3n) is 4.15. The van der Waals surface area contributed by atoms with Gasteiger partial charge in [-0.1, -0.05) is 6.07 Å². The number of H-pyrrole nitrogens is 1. The second kappa shape index (κ2) is 12.6. The fourth-order valence-electron chi connectivity index (χ4n) is 2.77. The highest BCUT2D eigenvalue weighted by molar-refractivity contribution is 14.0. The largest absolute Gasteiger partial charge is 0.461 e. The van der Waals surface area contributed by atoms with E-state index in [-0.39, 0.29) is 29.8 Å². The molecular formula is C20H26FIN6OS. The van der Waals surface area contributed by atoms with Crippen molar-refractivity contribution in [2.45, 2.75) is 25.6 Å². The molecule has 0 spiro atoms. The molecule has 0 amide bonds. The van der Waals surface area contributed by atoms with Gasteiger partial charge in [-0.2, -0.15) is 16.9 Å². The van der Waals surface area contributed by atoms with E-state index in [1.807, 2.05) is 19.2 Å². The molecular weight excluding hydrogens is 518 g/mol. The summed E-state index contributed by atoms with van der Waals surface area (Å²) in [5.41, 5.74) is 2.00. The van der Waals surface area contributed by atoms with Crippen molar-refractivity contribution >= 4 is 41.7 Å². The van der Waals surface area contributed by atoms with Crippen LogP contribution < -0.4 is 10.6 Å². The van der Waals surface area contributed by atoms with Crippen LogP contribution in [0.3, 0.4) is 0 Å². The van der Waals surface area contributed by atoms with Crippen LogP contribution in [-0.4, -0.2) is 40.5 Å². The molecule has 162 valence electrons. The van der Waals surface area contributed by atoms with Crippen LogP contribution in [0.2, 0.25) is 0 Å². The zero-order valence-corrected chi connectivity index (χ0v) is 20.1. The van der Waals surface area contributed by atoms with Gasteiger partial charge in [-0.15, -0.1) is 24.0 Å². The Bertz CT molecular complexity index is 931. The average Bonchev–Trinajstić information content (AvgIpc) is 3.39. The lowest BCUT2D eigenvalue weighted by atomic mass is 10.1. The molecule has 10 heteroatoms. The summed E-state index contributed by atoms with van der Waals surface area (Å²) < 4.78 is 18.8. The number of halogens is 2. The number of aromatic amines is 1. The molecule has 0 saturated heterocycles. The monoisotopic (exact) mass is 544 g/mol. The van der Waals surface area contributed by atoms with Gasteiger partial charge in [-0.05, 0) is 48.6 Å². The highest BCUT2D eigenvalue weighted by Gasteiger charge is 2.09. The van der Waals surface area contributed by atoms with E-state index in [0.29, 0.717) is 37.1 Å². The van der Waals surface area contributed by atoms with Gasteiger partial charge in [0.25, 0.3) is 0 Å². The highest BCUT2D eigenvalue weighted by Crippen LogP contribution is 2.17. The molecule has 0 bridgehead atoms. The number of hydrogen-bond donors (Lipinski definition) is 3. The first-order valence-electron chi connectivity index (χ1n) is 9.43. The molecule has 3 rings (SSSR count). The first-order valence-corrected chi connectivity index (χ1v) is 10.8. The van der Waals surface area contributed by atoms with E-state index in [4.69, 9.17) is 4.42 Å². The molecule has 0 saturated carbocycles.